The average molecular weight is 543 g/mol. The second-order valence-electron chi connectivity index (χ2n) is 9.05. The van der Waals surface area contributed by atoms with Gasteiger partial charge in [0.25, 0.3) is 5.56 Å². The SMILES string of the molecule is COC(=O)c1c(N)c2ccccc2c2ccccc12.NC=O.O=c1[nH]cnc2c3ccccc3c3ccccc3c12. The Morgan fingerprint density at radius 3 is 1.71 bits per heavy atom. The normalized spacial score (nSPS) is 10.6. The van der Waals surface area contributed by atoms with Crippen LogP contribution in [-0.4, -0.2) is 29.5 Å². The van der Waals surface area contributed by atoms with Crippen molar-refractivity contribution in [2.45, 2.75) is 0 Å². The van der Waals surface area contributed by atoms with Crippen LogP contribution in [0.25, 0.3) is 54.0 Å². The van der Waals surface area contributed by atoms with Crippen molar-refractivity contribution >= 4 is 72.1 Å². The molecule has 0 radical (unpaired) electrons. The number of rotatable bonds is 1. The summed E-state index contributed by atoms with van der Waals surface area (Å²) in [5.74, 6) is -0.403. The molecular weight excluding hydrogens is 516 g/mol. The average Bonchev–Trinajstić information content (AvgIpc) is 3.02. The van der Waals surface area contributed by atoms with Gasteiger partial charge in [0.1, 0.15) is 0 Å². The number of nitrogens with two attached hydrogens (primary N) is 2. The zero-order valence-corrected chi connectivity index (χ0v) is 22.1. The molecule has 0 fully saturated rings. The molecular formula is C33H26N4O4. The molecule has 0 aliphatic heterocycles. The van der Waals surface area contributed by atoms with E-state index in [0.29, 0.717) is 16.6 Å². The van der Waals surface area contributed by atoms with Crippen molar-refractivity contribution in [3.8, 4) is 0 Å². The summed E-state index contributed by atoms with van der Waals surface area (Å²) in [6.07, 6.45) is 1.71. The molecule has 0 unspecified atom stereocenters. The number of hydrogen-bond acceptors (Lipinski definition) is 6. The molecule has 8 nitrogen and oxygen atoms in total. The highest BCUT2D eigenvalue weighted by atomic mass is 16.5. The number of aromatic nitrogens is 2. The number of carbonyl (C=O) groups is 2. The van der Waals surface area contributed by atoms with Gasteiger partial charge in [-0.05, 0) is 32.3 Å². The van der Waals surface area contributed by atoms with Crippen molar-refractivity contribution in [1.29, 1.82) is 0 Å². The third kappa shape index (κ3) is 4.79. The lowest BCUT2D eigenvalue weighted by atomic mass is 9.95. The first kappa shape index (κ1) is 26.8. The van der Waals surface area contributed by atoms with Crippen molar-refractivity contribution < 1.29 is 14.3 Å². The first-order valence-corrected chi connectivity index (χ1v) is 12.7. The molecule has 0 atom stereocenters. The highest BCUT2D eigenvalue weighted by molar-refractivity contribution is 6.24. The minimum absolute atomic E-state index is 0.0908. The van der Waals surface area contributed by atoms with E-state index in [-0.39, 0.29) is 12.0 Å². The van der Waals surface area contributed by atoms with Crippen LogP contribution in [0, 0.1) is 0 Å². The molecule has 7 aromatic rings. The standard InChI is InChI=1S/C16H10N2O.C16H13NO2.CH3NO/c19-16-14-12-7-3-1-5-10(12)11-6-2-4-8-13(11)15(14)17-9-18-16;1-19-16(18)14-12-8-4-2-6-10(12)11-7-3-5-9-13(11)15(14)17;2-1-3/h1-9H,(H,17,18,19);2-9H,17H2,1H3;1H,(H2,2,3). The summed E-state index contributed by atoms with van der Waals surface area (Å²) in [5, 5.41) is 8.60. The predicted molar refractivity (Wildman–Crippen MR) is 165 cm³/mol. The fourth-order valence-electron chi connectivity index (χ4n) is 5.20. The number of anilines is 1. The Hall–Kier alpha value is -5.76. The summed E-state index contributed by atoms with van der Waals surface area (Å²) in [7, 11) is 1.37. The molecule has 1 amide bonds. The Kier molecular flexibility index (Phi) is 7.56. The number of amides is 1. The topological polar surface area (TPSA) is 141 Å². The lowest BCUT2D eigenvalue weighted by Gasteiger charge is -2.12. The molecule has 8 heteroatoms. The Morgan fingerprint density at radius 1 is 0.732 bits per heavy atom. The van der Waals surface area contributed by atoms with Crippen LogP contribution in [0.1, 0.15) is 10.4 Å². The lowest BCUT2D eigenvalue weighted by molar-refractivity contribution is -0.106. The number of hydrogen-bond donors (Lipinski definition) is 3. The van der Waals surface area contributed by atoms with Gasteiger partial charge in [0.05, 0.1) is 35.6 Å². The number of esters is 1. The van der Waals surface area contributed by atoms with Crippen LogP contribution in [0.5, 0.6) is 0 Å². The molecule has 0 saturated carbocycles. The number of aromatic amines is 1. The van der Waals surface area contributed by atoms with Gasteiger partial charge >= 0.3 is 5.97 Å². The van der Waals surface area contributed by atoms with Gasteiger partial charge in [0, 0.05) is 10.8 Å². The van der Waals surface area contributed by atoms with E-state index in [1.54, 1.807) is 0 Å². The largest absolute Gasteiger partial charge is 0.465 e. The third-order valence-corrected chi connectivity index (χ3v) is 6.88. The fourth-order valence-corrected chi connectivity index (χ4v) is 5.20. The predicted octanol–water partition coefficient (Wildman–Crippen LogP) is 5.69. The van der Waals surface area contributed by atoms with E-state index in [1.807, 2.05) is 91.0 Å². The van der Waals surface area contributed by atoms with Gasteiger partial charge in [-0.25, -0.2) is 9.78 Å². The van der Waals surface area contributed by atoms with Crippen LogP contribution in [0.4, 0.5) is 5.69 Å². The fraction of sp³-hybridized carbons (Fsp3) is 0.0303. The Morgan fingerprint density at radius 2 is 1.15 bits per heavy atom. The smallest absolute Gasteiger partial charge is 0.340 e. The molecule has 1 heterocycles. The number of fused-ring (bicyclic) bond motifs is 9. The number of nitrogens with zero attached hydrogens (tertiary/aromatic N) is 1. The van der Waals surface area contributed by atoms with Crippen molar-refractivity contribution in [3.63, 3.8) is 0 Å². The van der Waals surface area contributed by atoms with Crippen LogP contribution >= 0.6 is 0 Å². The molecule has 41 heavy (non-hydrogen) atoms. The molecule has 202 valence electrons. The second-order valence-corrected chi connectivity index (χ2v) is 9.05. The number of nitrogens with one attached hydrogen (secondary N) is 1. The summed E-state index contributed by atoms with van der Waals surface area (Å²) >= 11 is 0. The number of primary amides is 1. The number of ether oxygens (including phenoxy) is 1. The quantitative estimate of drug-likeness (QED) is 0.105. The van der Waals surface area contributed by atoms with Crippen LogP contribution in [0.2, 0.25) is 0 Å². The zero-order valence-electron chi connectivity index (χ0n) is 22.1. The van der Waals surface area contributed by atoms with E-state index in [2.05, 4.69) is 21.8 Å². The van der Waals surface area contributed by atoms with E-state index in [4.69, 9.17) is 15.3 Å². The van der Waals surface area contributed by atoms with Gasteiger partial charge in [0.2, 0.25) is 6.41 Å². The summed E-state index contributed by atoms with van der Waals surface area (Å²) in [6, 6.07) is 31.5. The van der Waals surface area contributed by atoms with Gasteiger partial charge in [-0.2, -0.15) is 0 Å². The highest BCUT2D eigenvalue weighted by Gasteiger charge is 2.18. The molecule has 5 N–H and O–H groups in total. The molecule has 1 aromatic heterocycles. The maximum atomic E-state index is 12.1. The number of methoxy groups -OCH3 is 1. The van der Waals surface area contributed by atoms with E-state index in [9.17, 15) is 9.59 Å². The summed E-state index contributed by atoms with van der Waals surface area (Å²) < 4.78 is 4.86. The van der Waals surface area contributed by atoms with E-state index in [0.717, 1.165) is 48.6 Å². The number of H-pyrrole nitrogens is 1. The van der Waals surface area contributed by atoms with Gasteiger partial charge in [-0.3, -0.25) is 9.59 Å². The van der Waals surface area contributed by atoms with Crippen molar-refractivity contribution in [2.24, 2.45) is 5.73 Å². The molecule has 0 saturated heterocycles. The first-order valence-electron chi connectivity index (χ1n) is 12.7. The van der Waals surface area contributed by atoms with Gasteiger partial charge in [0.15, 0.2) is 0 Å². The van der Waals surface area contributed by atoms with Crippen LogP contribution in [-0.2, 0) is 9.53 Å². The van der Waals surface area contributed by atoms with E-state index in [1.165, 1.54) is 13.4 Å². The highest BCUT2D eigenvalue weighted by Crippen LogP contribution is 2.35. The Balaban J connectivity index is 0.000000151. The van der Waals surface area contributed by atoms with Crippen molar-refractivity contribution in [1.82, 2.24) is 9.97 Å². The zero-order chi connectivity index (χ0) is 28.9. The first-order chi connectivity index (χ1) is 20.0. The third-order valence-electron chi connectivity index (χ3n) is 6.88. The number of nitrogen functional groups attached to an aromatic ring is 1. The van der Waals surface area contributed by atoms with E-state index >= 15 is 0 Å². The van der Waals surface area contributed by atoms with Crippen LogP contribution in [0.3, 0.4) is 0 Å². The summed E-state index contributed by atoms with van der Waals surface area (Å²) in [4.78, 5) is 39.7. The molecule has 7 rings (SSSR count). The lowest BCUT2D eigenvalue weighted by Crippen LogP contribution is -2.07. The van der Waals surface area contributed by atoms with Gasteiger partial charge < -0.3 is 21.2 Å². The van der Waals surface area contributed by atoms with Crippen molar-refractivity contribution in [2.75, 3.05) is 12.8 Å². The number of carbonyl (C=O) groups excluding carboxylic acids is 2. The second kappa shape index (κ2) is 11.5. The van der Waals surface area contributed by atoms with Crippen LogP contribution in [0.15, 0.2) is 108 Å². The Bertz CT molecular complexity index is 2090. The molecule has 0 spiro atoms. The molecule has 6 aromatic carbocycles. The monoisotopic (exact) mass is 542 g/mol. The number of benzene rings is 6. The molecule has 0 aliphatic rings. The maximum absolute atomic E-state index is 12.1. The van der Waals surface area contributed by atoms with E-state index < -0.39 is 5.97 Å². The molecule has 0 bridgehead atoms. The van der Waals surface area contributed by atoms with Gasteiger partial charge in [-0.15, -0.1) is 0 Å². The van der Waals surface area contributed by atoms with Crippen LogP contribution < -0.4 is 17.0 Å². The minimum atomic E-state index is -0.403. The minimum Gasteiger partial charge on any atom is -0.465 e. The summed E-state index contributed by atoms with van der Waals surface area (Å²) in [5.41, 5.74) is 11.9. The van der Waals surface area contributed by atoms with Gasteiger partial charge in [-0.1, -0.05) is 97.1 Å². The molecule has 0 aliphatic carbocycles. The van der Waals surface area contributed by atoms with Crippen molar-refractivity contribution in [3.05, 3.63) is 119 Å². The maximum Gasteiger partial charge on any atom is 0.340 e. The Labute approximate surface area is 234 Å². The summed E-state index contributed by atoms with van der Waals surface area (Å²) in [6.45, 7) is 0.